The van der Waals surface area contributed by atoms with Crippen LogP contribution >= 0.6 is 0 Å². The molecule has 0 amide bonds. The van der Waals surface area contributed by atoms with Crippen LogP contribution in [0.1, 0.15) is 54.0 Å². The van der Waals surface area contributed by atoms with E-state index < -0.39 is 8.32 Å². The van der Waals surface area contributed by atoms with Crippen molar-refractivity contribution < 1.29 is 9.63 Å². The Morgan fingerprint density at radius 1 is 0.952 bits per heavy atom. The lowest BCUT2D eigenvalue weighted by Gasteiger charge is -2.42. The molecule has 0 aliphatic carbocycles. The molecule has 21 heavy (non-hydrogen) atoms. The third-order valence-electron chi connectivity index (χ3n) is 4.42. The first kappa shape index (κ1) is 17.8. The molecule has 0 saturated carbocycles. The standard InChI is InChI=1S/C17H29NO2Si/c1-12(2)21(13(3)4,14(5)6)20-17-10-8-16(9-11-17)15(7)18-19/h8-14,19H,1-7H3/b18-15-. The average molecular weight is 308 g/mol. The zero-order valence-corrected chi connectivity index (χ0v) is 15.3. The van der Waals surface area contributed by atoms with E-state index in [0.29, 0.717) is 22.3 Å². The Kier molecular flexibility index (Phi) is 6.02. The minimum Gasteiger partial charge on any atom is -0.543 e. The maximum absolute atomic E-state index is 8.83. The quantitative estimate of drug-likeness (QED) is 0.329. The molecule has 0 spiro atoms. The zero-order chi connectivity index (χ0) is 16.2. The summed E-state index contributed by atoms with van der Waals surface area (Å²) in [6.45, 7) is 15.5. The van der Waals surface area contributed by atoms with Crippen molar-refractivity contribution in [3.8, 4) is 5.75 Å². The van der Waals surface area contributed by atoms with Crippen molar-refractivity contribution >= 4 is 14.0 Å². The molecule has 1 aromatic rings. The predicted octanol–water partition coefficient (Wildman–Crippen LogP) is 5.44. The van der Waals surface area contributed by atoms with Gasteiger partial charge in [-0.15, -0.1) is 0 Å². The van der Waals surface area contributed by atoms with Crippen molar-refractivity contribution in [3.63, 3.8) is 0 Å². The van der Waals surface area contributed by atoms with Gasteiger partial charge in [-0.05, 0) is 53.4 Å². The fraction of sp³-hybridized carbons (Fsp3) is 0.588. The van der Waals surface area contributed by atoms with Gasteiger partial charge in [-0.1, -0.05) is 46.7 Å². The van der Waals surface area contributed by atoms with Crippen molar-refractivity contribution in [2.45, 2.75) is 65.1 Å². The van der Waals surface area contributed by atoms with E-state index >= 15 is 0 Å². The van der Waals surface area contributed by atoms with E-state index in [2.05, 4.69) is 46.7 Å². The van der Waals surface area contributed by atoms with Gasteiger partial charge in [0, 0.05) is 0 Å². The topological polar surface area (TPSA) is 41.8 Å². The molecule has 4 heteroatoms. The first-order valence-electron chi connectivity index (χ1n) is 7.73. The average Bonchev–Trinajstić information content (AvgIpc) is 2.43. The van der Waals surface area contributed by atoms with Crippen molar-refractivity contribution in [1.29, 1.82) is 0 Å². The molecule has 1 N–H and O–H groups in total. The number of hydrogen-bond acceptors (Lipinski definition) is 3. The summed E-state index contributed by atoms with van der Waals surface area (Å²) in [5.74, 6) is 0.923. The third kappa shape index (κ3) is 3.67. The monoisotopic (exact) mass is 307 g/mol. The van der Waals surface area contributed by atoms with Gasteiger partial charge in [0.1, 0.15) is 5.75 Å². The van der Waals surface area contributed by atoms with Crippen LogP contribution in [0.5, 0.6) is 5.75 Å². The molecule has 0 radical (unpaired) electrons. The third-order valence-corrected chi connectivity index (χ3v) is 10.4. The summed E-state index contributed by atoms with van der Waals surface area (Å²) in [5.41, 5.74) is 3.19. The number of nitrogens with zero attached hydrogens (tertiary/aromatic N) is 1. The summed E-state index contributed by atoms with van der Waals surface area (Å²) >= 11 is 0. The van der Waals surface area contributed by atoms with Crippen LogP contribution in [-0.2, 0) is 0 Å². The maximum Gasteiger partial charge on any atom is 0.258 e. The molecule has 0 aliphatic heterocycles. The second kappa shape index (κ2) is 7.12. The molecular weight excluding hydrogens is 278 g/mol. The maximum atomic E-state index is 8.83. The molecule has 0 heterocycles. The van der Waals surface area contributed by atoms with Crippen molar-refractivity contribution in [1.82, 2.24) is 0 Å². The minimum absolute atomic E-state index is 0.554. The van der Waals surface area contributed by atoms with Crippen LogP contribution < -0.4 is 4.43 Å². The number of hydrogen-bond donors (Lipinski definition) is 1. The van der Waals surface area contributed by atoms with Crippen LogP contribution in [0.25, 0.3) is 0 Å². The highest BCUT2D eigenvalue weighted by Gasteiger charge is 2.46. The van der Waals surface area contributed by atoms with E-state index in [1.165, 1.54) is 0 Å². The Morgan fingerprint density at radius 3 is 1.71 bits per heavy atom. The molecular formula is C17H29NO2Si. The number of oxime groups is 1. The lowest BCUT2D eigenvalue weighted by molar-refractivity contribution is 0.319. The summed E-state index contributed by atoms with van der Waals surface area (Å²) in [6, 6.07) is 7.87. The molecule has 0 unspecified atom stereocenters. The van der Waals surface area contributed by atoms with Crippen molar-refractivity contribution in [3.05, 3.63) is 29.8 Å². The van der Waals surface area contributed by atoms with Crippen LogP contribution in [0.4, 0.5) is 0 Å². The molecule has 1 rings (SSSR count). The van der Waals surface area contributed by atoms with E-state index in [1.54, 1.807) is 6.92 Å². The van der Waals surface area contributed by atoms with Crippen LogP contribution in [0.2, 0.25) is 16.6 Å². The highest BCUT2D eigenvalue weighted by atomic mass is 28.4. The highest BCUT2D eigenvalue weighted by molar-refractivity contribution is 6.78. The smallest absolute Gasteiger partial charge is 0.258 e. The lowest BCUT2D eigenvalue weighted by Crippen LogP contribution is -2.50. The van der Waals surface area contributed by atoms with E-state index in [4.69, 9.17) is 9.63 Å². The van der Waals surface area contributed by atoms with Crippen molar-refractivity contribution in [2.24, 2.45) is 5.16 Å². The predicted molar refractivity (Wildman–Crippen MR) is 92.1 cm³/mol. The number of benzene rings is 1. The van der Waals surface area contributed by atoms with Crippen molar-refractivity contribution in [2.75, 3.05) is 0 Å². The van der Waals surface area contributed by atoms with Gasteiger partial charge in [0.05, 0.1) is 5.71 Å². The van der Waals surface area contributed by atoms with Crippen LogP contribution in [0.3, 0.4) is 0 Å². The van der Waals surface area contributed by atoms with Crippen LogP contribution in [-0.4, -0.2) is 19.2 Å². The van der Waals surface area contributed by atoms with Gasteiger partial charge in [-0.2, -0.15) is 0 Å². The van der Waals surface area contributed by atoms with Crippen LogP contribution in [0.15, 0.2) is 29.4 Å². The molecule has 1 aromatic carbocycles. The van der Waals surface area contributed by atoms with Gasteiger partial charge in [-0.3, -0.25) is 0 Å². The number of rotatable bonds is 6. The molecule has 0 saturated heterocycles. The fourth-order valence-corrected chi connectivity index (χ4v) is 8.63. The first-order chi connectivity index (χ1) is 9.75. The highest BCUT2D eigenvalue weighted by Crippen LogP contribution is 2.42. The fourth-order valence-electron chi connectivity index (χ4n) is 3.38. The van der Waals surface area contributed by atoms with Gasteiger partial charge in [0.25, 0.3) is 8.32 Å². The summed E-state index contributed by atoms with van der Waals surface area (Å²) in [7, 11) is -1.90. The Morgan fingerprint density at radius 2 is 1.38 bits per heavy atom. The molecule has 0 bridgehead atoms. The summed E-state index contributed by atoms with van der Waals surface area (Å²) in [6.07, 6.45) is 0. The van der Waals surface area contributed by atoms with E-state index in [0.717, 1.165) is 11.3 Å². The Bertz CT molecular complexity index is 456. The van der Waals surface area contributed by atoms with Gasteiger partial charge >= 0.3 is 0 Å². The van der Waals surface area contributed by atoms with Gasteiger partial charge in [0.15, 0.2) is 0 Å². The zero-order valence-electron chi connectivity index (χ0n) is 14.3. The SMILES string of the molecule is C/C(=N/O)c1ccc(O[Si](C(C)C)(C(C)C)C(C)C)cc1. The van der Waals surface area contributed by atoms with E-state index in [1.807, 2.05) is 24.3 Å². The Hall–Kier alpha value is -1.29. The molecule has 0 fully saturated rings. The van der Waals surface area contributed by atoms with E-state index in [-0.39, 0.29) is 0 Å². The second-order valence-electron chi connectivity index (χ2n) is 6.63. The van der Waals surface area contributed by atoms with Crippen LogP contribution in [0, 0.1) is 0 Å². The largest absolute Gasteiger partial charge is 0.543 e. The summed E-state index contributed by atoms with van der Waals surface area (Å²) in [5, 5.41) is 12.1. The van der Waals surface area contributed by atoms with Gasteiger partial charge in [0.2, 0.25) is 0 Å². The normalized spacial score (nSPS) is 13.3. The van der Waals surface area contributed by atoms with Gasteiger partial charge < -0.3 is 9.63 Å². The lowest BCUT2D eigenvalue weighted by atomic mass is 10.1. The molecule has 118 valence electrons. The summed E-state index contributed by atoms with van der Waals surface area (Å²) in [4.78, 5) is 0. The molecule has 3 nitrogen and oxygen atoms in total. The molecule has 0 aliphatic rings. The Balaban J connectivity index is 3.10. The summed E-state index contributed by atoms with van der Waals surface area (Å²) < 4.78 is 6.59. The minimum atomic E-state index is -1.90. The van der Waals surface area contributed by atoms with E-state index in [9.17, 15) is 0 Å². The molecule has 0 aromatic heterocycles. The first-order valence-corrected chi connectivity index (χ1v) is 9.87. The Labute approximate surface area is 130 Å². The molecule has 0 atom stereocenters. The van der Waals surface area contributed by atoms with Gasteiger partial charge in [-0.25, -0.2) is 0 Å². The second-order valence-corrected chi connectivity index (χ2v) is 12.0.